The minimum absolute atomic E-state index is 0.264. The van der Waals surface area contributed by atoms with E-state index in [4.69, 9.17) is 0 Å². The summed E-state index contributed by atoms with van der Waals surface area (Å²) in [4.78, 5) is 10.6. The van der Waals surface area contributed by atoms with Crippen LogP contribution in [0.2, 0.25) is 0 Å². The number of hydrogen-bond donors (Lipinski definition) is 0. The minimum atomic E-state index is 0.264. The molecule has 4 heteroatoms. The molecule has 4 nitrogen and oxygen atoms in total. The Balaban J connectivity index is 0.979. The van der Waals surface area contributed by atoms with E-state index in [1.807, 2.05) is 0 Å². The van der Waals surface area contributed by atoms with Crippen molar-refractivity contribution in [2.45, 2.75) is 37.8 Å². The van der Waals surface area contributed by atoms with E-state index in [1.54, 1.807) is 5.57 Å². The van der Waals surface area contributed by atoms with Crippen LogP contribution in [0.3, 0.4) is 0 Å². The molecule has 2 fully saturated rings. The summed E-state index contributed by atoms with van der Waals surface area (Å²) >= 11 is 0. The highest BCUT2D eigenvalue weighted by Crippen LogP contribution is 2.61. The van der Waals surface area contributed by atoms with Crippen LogP contribution in [0, 0.1) is 23.7 Å². The second-order valence-corrected chi connectivity index (χ2v) is 18.5. The molecule has 302 valence electrons. The van der Waals surface area contributed by atoms with Crippen molar-refractivity contribution in [3.8, 4) is 0 Å². The Morgan fingerprint density at radius 1 is 0.500 bits per heavy atom. The second kappa shape index (κ2) is 13.9. The van der Waals surface area contributed by atoms with Crippen LogP contribution in [0.1, 0.15) is 36.8 Å². The first kappa shape index (κ1) is 35.9. The molecule has 13 rings (SSSR count). The van der Waals surface area contributed by atoms with Gasteiger partial charge in [0.25, 0.3) is 0 Å². The van der Waals surface area contributed by atoms with Crippen molar-refractivity contribution in [2.24, 2.45) is 23.7 Å². The molecule has 0 N–H and O–H groups in total. The van der Waals surface area contributed by atoms with Gasteiger partial charge in [0, 0.05) is 94.0 Å². The smallest absolute Gasteiger partial charge is 0.0642 e. The fraction of sp³-hybridized carbons (Fsp3) is 0.207. The average molecular weight is 803 g/mol. The Bertz CT molecular complexity index is 2800. The summed E-state index contributed by atoms with van der Waals surface area (Å²) < 4.78 is 0. The van der Waals surface area contributed by atoms with Gasteiger partial charge in [0.15, 0.2) is 0 Å². The van der Waals surface area contributed by atoms with Crippen LogP contribution in [0.15, 0.2) is 228 Å². The summed E-state index contributed by atoms with van der Waals surface area (Å²) in [7, 11) is 0. The number of nitrogens with zero attached hydrogens (tertiary/aromatic N) is 4. The average Bonchev–Trinajstić information content (AvgIpc) is 3.82. The molecule has 5 aromatic rings. The topological polar surface area (TPSA) is 13.0 Å². The molecular weight excluding hydrogens is 753 g/mol. The zero-order valence-corrected chi connectivity index (χ0v) is 35.3. The lowest BCUT2D eigenvalue weighted by molar-refractivity contribution is 0.303. The fourth-order valence-corrected chi connectivity index (χ4v) is 12.6. The van der Waals surface area contributed by atoms with Gasteiger partial charge < -0.3 is 19.6 Å². The molecule has 0 saturated carbocycles. The van der Waals surface area contributed by atoms with Crippen LogP contribution >= 0.6 is 0 Å². The van der Waals surface area contributed by atoms with Gasteiger partial charge in [-0.15, -0.1) is 0 Å². The van der Waals surface area contributed by atoms with Crippen molar-refractivity contribution in [1.29, 1.82) is 0 Å². The van der Waals surface area contributed by atoms with Crippen LogP contribution in [0.4, 0.5) is 34.1 Å². The van der Waals surface area contributed by atoms with Gasteiger partial charge in [0.2, 0.25) is 0 Å². The Kier molecular flexibility index (Phi) is 8.04. The highest BCUT2D eigenvalue weighted by Gasteiger charge is 2.57. The quantitative estimate of drug-likeness (QED) is 0.170. The molecule has 8 aliphatic rings. The summed E-state index contributed by atoms with van der Waals surface area (Å²) in [5, 5.41) is 0. The molecule has 62 heavy (non-hydrogen) atoms. The lowest BCUT2D eigenvalue weighted by Crippen LogP contribution is -2.46. The van der Waals surface area contributed by atoms with Crippen molar-refractivity contribution in [3.63, 3.8) is 0 Å². The van der Waals surface area contributed by atoms with Crippen molar-refractivity contribution in [3.05, 3.63) is 239 Å². The molecule has 0 radical (unpaired) electrons. The molecule has 8 atom stereocenters. The van der Waals surface area contributed by atoms with Crippen LogP contribution in [0.25, 0.3) is 0 Å². The lowest BCUT2D eigenvalue weighted by Gasteiger charge is -2.50. The Labute approximate surface area is 365 Å². The molecule has 2 saturated heterocycles. The number of anilines is 6. The van der Waals surface area contributed by atoms with Gasteiger partial charge in [-0.25, -0.2) is 0 Å². The maximum Gasteiger partial charge on any atom is 0.0642 e. The largest absolute Gasteiger partial charge is 0.370 e. The van der Waals surface area contributed by atoms with E-state index in [2.05, 4.69) is 228 Å². The lowest BCUT2D eigenvalue weighted by atomic mass is 9.68. The zero-order chi connectivity index (χ0) is 41.1. The Morgan fingerprint density at radius 2 is 1.06 bits per heavy atom. The summed E-state index contributed by atoms with van der Waals surface area (Å²) in [6.07, 6.45) is 25.3. The third-order valence-corrected chi connectivity index (χ3v) is 15.0. The van der Waals surface area contributed by atoms with Crippen LogP contribution in [0.5, 0.6) is 0 Å². The number of allylic oxidation sites excluding steroid dienone is 8. The van der Waals surface area contributed by atoms with Gasteiger partial charge in [0.1, 0.15) is 0 Å². The predicted molar refractivity (Wildman–Crippen MR) is 255 cm³/mol. The molecule has 4 heterocycles. The van der Waals surface area contributed by atoms with Crippen molar-refractivity contribution >= 4 is 34.1 Å². The molecule has 0 aromatic heterocycles. The van der Waals surface area contributed by atoms with Gasteiger partial charge in [-0.3, -0.25) is 0 Å². The number of fused-ring (bicyclic) bond motifs is 10. The third-order valence-electron chi connectivity index (χ3n) is 15.0. The fourth-order valence-electron chi connectivity index (χ4n) is 12.6. The van der Waals surface area contributed by atoms with Crippen LogP contribution < -0.4 is 14.7 Å². The van der Waals surface area contributed by atoms with Crippen LogP contribution in [-0.4, -0.2) is 30.1 Å². The van der Waals surface area contributed by atoms with Gasteiger partial charge in [0.05, 0.1) is 17.8 Å². The first-order valence-corrected chi connectivity index (χ1v) is 22.7. The van der Waals surface area contributed by atoms with Gasteiger partial charge in [-0.1, -0.05) is 145 Å². The monoisotopic (exact) mass is 802 g/mol. The van der Waals surface area contributed by atoms with E-state index >= 15 is 0 Å². The zero-order valence-electron chi connectivity index (χ0n) is 35.3. The third kappa shape index (κ3) is 5.32. The summed E-state index contributed by atoms with van der Waals surface area (Å²) in [5.41, 5.74) is 19.0. The summed E-state index contributed by atoms with van der Waals surface area (Å²) in [5.74, 6) is 2.02. The van der Waals surface area contributed by atoms with Gasteiger partial charge in [-0.2, -0.15) is 0 Å². The SMILES string of the molecule is CC1=CC2CN3CC4C=C5C(=CC4c4ccc(N(c6ccccc6)c6ccccc6)c(c43)C2C=C1)N1C2C=CC(C)=CC2C2=C(N(c3ccccc3)c3ccccc3)C=CC5C21. The maximum absolute atomic E-state index is 2.84. The maximum atomic E-state index is 2.84. The molecule has 4 aliphatic heterocycles. The van der Waals surface area contributed by atoms with Crippen molar-refractivity contribution < 1.29 is 0 Å². The summed E-state index contributed by atoms with van der Waals surface area (Å²) in [6.45, 7) is 6.61. The number of hydrogen-bond acceptors (Lipinski definition) is 4. The molecular formula is C58H50N4. The van der Waals surface area contributed by atoms with E-state index in [9.17, 15) is 0 Å². The molecule has 0 amide bonds. The predicted octanol–water partition coefficient (Wildman–Crippen LogP) is 13.2. The van der Waals surface area contributed by atoms with Crippen LogP contribution in [-0.2, 0) is 0 Å². The van der Waals surface area contributed by atoms with E-state index in [1.165, 1.54) is 73.4 Å². The first-order valence-electron chi connectivity index (χ1n) is 22.7. The summed E-state index contributed by atoms with van der Waals surface area (Å²) in [6, 6.07) is 49.4. The molecule has 5 aromatic carbocycles. The van der Waals surface area contributed by atoms with Gasteiger partial charge in [-0.05, 0) is 91.2 Å². The molecule has 4 aliphatic carbocycles. The number of benzene rings is 5. The molecule has 0 bridgehead atoms. The minimum Gasteiger partial charge on any atom is -0.370 e. The van der Waals surface area contributed by atoms with Crippen molar-refractivity contribution in [2.75, 3.05) is 27.8 Å². The highest BCUT2D eigenvalue weighted by molar-refractivity contribution is 5.86. The van der Waals surface area contributed by atoms with E-state index in [-0.39, 0.29) is 12.1 Å². The van der Waals surface area contributed by atoms with Crippen molar-refractivity contribution in [1.82, 2.24) is 4.90 Å². The van der Waals surface area contributed by atoms with E-state index in [0.29, 0.717) is 35.5 Å². The Hall–Kier alpha value is -6.78. The second-order valence-electron chi connectivity index (χ2n) is 18.5. The molecule has 8 unspecified atom stereocenters. The number of rotatable bonds is 6. The van der Waals surface area contributed by atoms with E-state index < -0.39 is 0 Å². The van der Waals surface area contributed by atoms with E-state index in [0.717, 1.165) is 13.1 Å². The molecule has 0 spiro atoms. The first-order chi connectivity index (χ1) is 30.6. The highest BCUT2D eigenvalue weighted by atomic mass is 15.3. The van der Waals surface area contributed by atoms with Gasteiger partial charge >= 0.3 is 0 Å². The Morgan fingerprint density at radius 3 is 1.71 bits per heavy atom. The normalized spacial score (nSPS) is 27.8. The number of para-hydroxylation sites is 4. The standard InChI is InChI=1S/C58H50N4/c1-37-23-25-45-39(31-37)35-59-36-40-33-49-47-27-30-53(61(43-19-11-5-12-20-43)44-21-13-6-14-22-44)56-50-32-38(2)24-28-51(50)62(58(47)56)54(49)34-48(40)46-26-29-52(55(45)57(46)59)60(41-15-7-3-8-16-41)42-17-9-4-10-18-42/h3-34,39-40,45,47-48,50-51,58H,35-36H2,1-2H3.